The van der Waals surface area contributed by atoms with E-state index in [4.69, 9.17) is 26.8 Å². The van der Waals surface area contributed by atoms with Gasteiger partial charge in [-0.2, -0.15) is 13.9 Å². The molecular formula is C28H30ClF2N9O4. The molecular weight excluding hydrogens is 600 g/mol. The molecule has 2 saturated heterocycles. The van der Waals surface area contributed by atoms with Crippen molar-refractivity contribution in [3.8, 4) is 17.0 Å². The first-order valence-corrected chi connectivity index (χ1v) is 14.3. The van der Waals surface area contributed by atoms with Crippen LogP contribution in [-0.2, 0) is 16.1 Å². The Kier molecular flexibility index (Phi) is 8.09. The van der Waals surface area contributed by atoms with E-state index in [0.29, 0.717) is 19.7 Å². The summed E-state index contributed by atoms with van der Waals surface area (Å²) >= 11 is 6.22. The number of hydrogen-bond donors (Lipinski definition) is 2. The van der Waals surface area contributed by atoms with E-state index in [9.17, 15) is 18.4 Å². The van der Waals surface area contributed by atoms with Crippen LogP contribution in [0, 0.1) is 0 Å². The summed E-state index contributed by atoms with van der Waals surface area (Å²) in [6, 6.07) is 5.69. The summed E-state index contributed by atoms with van der Waals surface area (Å²) < 4.78 is 40.2. The fourth-order valence-electron chi connectivity index (χ4n) is 5.61. The number of benzene rings is 1. The molecule has 0 saturated carbocycles. The van der Waals surface area contributed by atoms with Crippen molar-refractivity contribution in [3.63, 3.8) is 0 Å². The fraction of sp³-hybridized carbons (Fsp3) is 0.393. The maximum Gasteiger partial charge on any atom is 0.387 e. The number of likely N-dealkylation sites (tertiary alicyclic amines) is 1. The van der Waals surface area contributed by atoms with Gasteiger partial charge in [0.05, 0.1) is 17.9 Å². The molecule has 0 aliphatic carbocycles. The lowest BCUT2D eigenvalue weighted by Gasteiger charge is -2.46. The Morgan fingerprint density at radius 3 is 2.80 bits per heavy atom. The highest BCUT2D eigenvalue weighted by Gasteiger charge is 2.40. The molecule has 232 valence electrons. The van der Waals surface area contributed by atoms with Crippen LogP contribution in [0.15, 0.2) is 42.9 Å². The number of morpholine rings is 1. The normalized spacial score (nSPS) is 17.0. The lowest BCUT2D eigenvalue weighted by atomic mass is 9.89. The molecule has 44 heavy (non-hydrogen) atoms. The number of ether oxygens (including phenoxy) is 2. The van der Waals surface area contributed by atoms with Gasteiger partial charge in [0.15, 0.2) is 11.5 Å². The number of nitrogens with two attached hydrogens (primary N) is 1. The Labute approximate surface area is 255 Å². The lowest BCUT2D eigenvalue weighted by Crippen LogP contribution is -2.58. The molecule has 0 atom stereocenters. The highest BCUT2D eigenvalue weighted by molar-refractivity contribution is 6.31. The van der Waals surface area contributed by atoms with Gasteiger partial charge in [-0.05, 0) is 44.2 Å². The number of nitrogen functional groups attached to an aromatic ring is 1. The van der Waals surface area contributed by atoms with Crippen LogP contribution in [0.25, 0.3) is 16.9 Å². The SMILES string of the molecule is CN1CCC2(CC1)CN(C(=O)Cn1cc(NC(=O)c3c(N)nn4cccnc34)c(-c3cc(Cl)ccc3OC(F)F)n1)CCO2. The molecule has 5 heterocycles. The van der Waals surface area contributed by atoms with E-state index < -0.39 is 12.5 Å². The Morgan fingerprint density at radius 2 is 2.02 bits per heavy atom. The molecule has 3 N–H and O–H groups in total. The second kappa shape index (κ2) is 12.0. The van der Waals surface area contributed by atoms with Crippen LogP contribution in [0.5, 0.6) is 5.75 Å². The molecule has 1 aromatic carbocycles. The van der Waals surface area contributed by atoms with Crippen molar-refractivity contribution < 1.29 is 27.8 Å². The average Bonchev–Trinajstić information content (AvgIpc) is 3.54. The smallest absolute Gasteiger partial charge is 0.387 e. The first-order chi connectivity index (χ1) is 21.1. The second-order valence-corrected chi connectivity index (χ2v) is 11.3. The van der Waals surface area contributed by atoms with Gasteiger partial charge < -0.3 is 30.3 Å². The van der Waals surface area contributed by atoms with Crippen LogP contribution < -0.4 is 15.8 Å². The molecule has 16 heteroatoms. The zero-order chi connectivity index (χ0) is 31.0. The number of aromatic nitrogens is 5. The highest BCUT2D eigenvalue weighted by atomic mass is 35.5. The van der Waals surface area contributed by atoms with Crippen molar-refractivity contribution in [2.45, 2.75) is 31.6 Å². The van der Waals surface area contributed by atoms with Gasteiger partial charge in [0.2, 0.25) is 5.91 Å². The third kappa shape index (κ3) is 6.02. The van der Waals surface area contributed by atoms with Crippen LogP contribution in [0.4, 0.5) is 20.3 Å². The van der Waals surface area contributed by atoms with Crippen LogP contribution in [-0.4, -0.2) is 98.0 Å². The number of rotatable bonds is 7. The minimum absolute atomic E-state index is 0.00673. The highest BCUT2D eigenvalue weighted by Crippen LogP contribution is 2.37. The molecule has 0 unspecified atom stereocenters. The van der Waals surface area contributed by atoms with Gasteiger partial charge in [-0.15, -0.1) is 5.10 Å². The number of halogens is 3. The van der Waals surface area contributed by atoms with Gasteiger partial charge in [-0.3, -0.25) is 14.3 Å². The minimum Gasteiger partial charge on any atom is -0.434 e. The molecule has 2 aliphatic heterocycles. The molecule has 4 aromatic rings. The van der Waals surface area contributed by atoms with Gasteiger partial charge >= 0.3 is 6.61 Å². The topological polar surface area (TPSA) is 145 Å². The van der Waals surface area contributed by atoms with E-state index in [0.717, 1.165) is 25.9 Å². The van der Waals surface area contributed by atoms with Gasteiger partial charge in [0.25, 0.3) is 5.91 Å². The number of fused-ring (bicyclic) bond motifs is 1. The zero-order valence-corrected chi connectivity index (χ0v) is 24.5. The van der Waals surface area contributed by atoms with E-state index in [1.807, 2.05) is 0 Å². The van der Waals surface area contributed by atoms with Crippen molar-refractivity contribution in [1.82, 2.24) is 34.2 Å². The summed E-state index contributed by atoms with van der Waals surface area (Å²) in [6.07, 6.45) is 6.16. The van der Waals surface area contributed by atoms with Crippen LogP contribution in [0.2, 0.25) is 5.02 Å². The van der Waals surface area contributed by atoms with E-state index in [2.05, 4.69) is 32.4 Å². The summed E-state index contributed by atoms with van der Waals surface area (Å²) in [5.41, 5.74) is 6.12. The Bertz CT molecular complexity index is 1700. The van der Waals surface area contributed by atoms with Crippen molar-refractivity contribution in [2.75, 3.05) is 50.9 Å². The standard InChI is InChI=1S/C28H30ClF2N9O4/c1-37-9-5-28(6-10-37)16-38(11-12-43-28)21(41)15-39-14-19(23(35-39)18-13-17(29)3-4-20(18)44-27(30)31)34-26(42)22-24(32)36-40-8-2-7-33-25(22)40/h2-4,7-8,13-14,27H,5-6,9-12,15-16H2,1H3,(H2,32,36)(H,34,42). The first-order valence-electron chi connectivity index (χ1n) is 13.9. The van der Waals surface area contributed by atoms with Crippen LogP contribution in [0.1, 0.15) is 23.2 Å². The number of nitrogens with zero attached hydrogens (tertiary/aromatic N) is 7. The van der Waals surface area contributed by atoms with Crippen molar-refractivity contribution in [1.29, 1.82) is 0 Å². The maximum atomic E-state index is 13.5. The third-order valence-corrected chi connectivity index (χ3v) is 8.10. The predicted octanol–water partition coefficient (Wildman–Crippen LogP) is 3.01. The number of nitrogens with one attached hydrogen (secondary N) is 1. The molecule has 0 bridgehead atoms. The van der Waals surface area contributed by atoms with Crippen molar-refractivity contribution >= 4 is 40.6 Å². The molecule has 0 radical (unpaired) electrons. The number of alkyl halides is 2. The predicted molar refractivity (Wildman–Crippen MR) is 157 cm³/mol. The largest absolute Gasteiger partial charge is 0.434 e. The molecule has 13 nitrogen and oxygen atoms in total. The van der Waals surface area contributed by atoms with E-state index in [1.54, 1.807) is 17.2 Å². The number of carbonyl (C=O) groups excluding carboxylic acids is 2. The van der Waals surface area contributed by atoms with Gasteiger partial charge in [0, 0.05) is 55.4 Å². The minimum atomic E-state index is -3.13. The summed E-state index contributed by atoms with van der Waals surface area (Å²) in [5.74, 6) is -1.15. The number of anilines is 2. The molecule has 1 spiro atoms. The van der Waals surface area contributed by atoms with Gasteiger partial charge in [-0.1, -0.05) is 11.6 Å². The average molecular weight is 630 g/mol. The summed E-state index contributed by atoms with van der Waals surface area (Å²) in [7, 11) is 2.06. The molecule has 3 aromatic heterocycles. The quantitative estimate of drug-likeness (QED) is 0.315. The van der Waals surface area contributed by atoms with Crippen LogP contribution >= 0.6 is 11.6 Å². The number of hydrogen-bond acceptors (Lipinski definition) is 9. The second-order valence-electron chi connectivity index (χ2n) is 10.9. The summed E-state index contributed by atoms with van der Waals surface area (Å²) in [4.78, 5) is 35.2. The Hall–Kier alpha value is -4.34. The van der Waals surface area contributed by atoms with E-state index in [1.165, 1.54) is 39.8 Å². The van der Waals surface area contributed by atoms with E-state index in [-0.39, 0.29) is 62.8 Å². The third-order valence-electron chi connectivity index (χ3n) is 7.87. The Balaban J connectivity index is 1.32. The molecule has 2 aliphatic rings. The Morgan fingerprint density at radius 1 is 1.23 bits per heavy atom. The maximum absolute atomic E-state index is 13.5. The summed E-state index contributed by atoms with van der Waals surface area (Å²) in [5, 5.41) is 11.6. The first kappa shape index (κ1) is 29.7. The number of amides is 2. The van der Waals surface area contributed by atoms with Crippen LogP contribution in [0.3, 0.4) is 0 Å². The van der Waals surface area contributed by atoms with Gasteiger partial charge in [0.1, 0.15) is 23.6 Å². The fourth-order valence-corrected chi connectivity index (χ4v) is 5.78. The number of carbonyl (C=O) groups is 2. The molecule has 2 amide bonds. The summed E-state index contributed by atoms with van der Waals surface area (Å²) in [6.45, 7) is -0.242. The monoisotopic (exact) mass is 629 g/mol. The zero-order valence-electron chi connectivity index (χ0n) is 23.8. The van der Waals surface area contributed by atoms with E-state index >= 15 is 0 Å². The van der Waals surface area contributed by atoms with Gasteiger partial charge in [-0.25, -0.2) is 9.50 Å². The molecule has 2 fully saturated rings. The van der Waals surface area contributed by atoms with Crippen molar-refractivity contribution in [2.24, 2.45) is 0 Å². The lowest BCUT2D eigenvalue weighted by molar-refractivity contribution is -0.159. The molecule has 6 rings (SSSR count). The number of piperidine rings is 1. The van der Waals surface area contributed by atoms with Crippen molar-refractivity contribution in [3.05, 3.63) is 53.4 Å².